The Kier molecular flexibility index (Phi) is 0.832. The SMILES string of the molecule is [2H]C1NCN2CC=NC=C12. The van der Waals surface area contributed by atoms with Crippen molar-refractivity contribution in [2.45, 2.75) is 0 Å². The molecule has 1 atom stereocenters. The summed E-state index contributed by atoms with van der Waals surface area (Å²) in [4.78, 5) is 6.08. The van der Waals surface area contributed by atoms with Crippen LogP contribution in [0.5, 0.6) is 0 Å². The predicted molar refractivity (Wildman–Crippen MR) is 36.2 cm³/mol. The molecule has 1 unspecified atom stereocenters. The van der Waals surface area contributed by atoms with Crippen molar-refractivity contribution in [2.24, 2.45) is 4.99 Å². The van der Waals surface area contributed by atoms with E-state index >= 15 is 0 Å². The monoisotopic (exact) mass is 124 g/mol. The zero-order valence-electron chi connectivity index (χ0n) is 6.04. The molecule has 2 aliphatic rings. The second-order valence-corrected chi connectivity index (χ2v) is 2.11. The van der Waals surface area contributed by atoms with Crippen molar-refractivity contribution in [1.82, 2.24) is 10.2 Å². The van der Waals surface area contributed by atoms with Gasteiger partial charge >= 0.3 is 0 Å². The fourth-order valence-corrected chi connectivity index (χ4v) is 1.01. The number of hydrogen-bond acceptors (Lipinski definition) is 3. The Morgan fingerprint density at radius 3 is 3.78 bits per heavy atom. The first kappa shape index (κ1) is 4.06. The van der Waals surface area contributed by atoms with E-state index in [1.54, 1.807) is 6.20 Å². The molecule has 9 heavy (non-hydrogen) atoms. The molecule has 3 heteroatoms. The van der Waals surface area contributed by atoms with Crippen LogP contribution in [0.1, 0.15) is 1.37 Å². The fourth-order valence-electron chi connectivity index (χ4n) is 1.01. The molecule has 0 aromatic carbocycles. The molecule has 1 saturated heterocycles. The zero-order valence-corrected chi connectivity index (χ0v) is 5.04. The Bertz CT molecular complexity index is 199. The molecule has 0 amide bonds. The van der Waals surface area contributed by atoms with Crippen molar-refractivity contribution >= 4 is 6.21 Å². The molecule has 1 fully saturated rings. The summed E-state index contributed by atoms with van der Waals surface area (Å²) >= 11 is 0. The second-order valence-electron chi connectivity index (χ2n) is 2.11. The number of hydrogen-bond donors (Lipinski definition) is 1. The van der Waals surface area contributed by atoms with Gasteiger partial charge in [-0.25, -0.2) is 0 Å². The summed E-state index contributed by atoms with van der Waals surface area (Å²) < 4.78 is 7.46. The maximum atomic E-state index is 7.46. The maximum absolute atomic E-state index is 7.46. The van der Waals surface area contributed by atoms with Gasteiger partial charge in [-0.15, -0.1) is 0 Å². The van der Waals surface area contributed by atoms with Gasteiger partial charge < -0.3 is 4.90 Å². The highest BCUT2D eigenvalue weighted by molar-refractivity contribution is 5.62. The van der Waals surface area contributed by atoms with Gasteiger partial charge in [0, 0.05) is 26.0 Å². The smallest absolute Gasteiger partial charge is 0.0687 e. The lowest BCUT2D eigenvalue weighted by molar-refractivity contribution is 0.433. The molecule has 3 nitrogen and oxygen atoms in total. The molecule has 0 saturated carbocycles. The first-order chi connectivity index (χ1) is 4.88. The molecule has 0 aliphatic carbocycles. The van der Waals surface area contributed by atoms with Gasteiger partial charge in [-0.2, -0.15) is 0 Å². The molecular weight excluding hydrogens is 114 g/mol. The number of fused-ring (bicyclic) bond motifs is 1. The lowest BCUT2D eigenvalue weighted by Crippen LogP contribution is -2.24. The average molecular weight is 124 g/mol. The minimum absolute atomic E-state index is 0.266. The third-order valence-electron chi connectivity index (χ3n) is 1.51. The first-order valence-corrected chi connectivity index (χ1v) is 3.00. The van der Waals surface area contributed by atoms with Gasteiger partial charge in [-0.05, 0) is 0 Å². The van der Waals surface area contributed by atoms with E-state index in [0.717, 1.165) is 18.9 Å². The third-order valence-corrected chi connectivity index (χ3v) is 1.51. The molecule has 1 N–H and O–H groups in total. The number of nitrogens with zero attached hydrogens (tertiary/aromatic N) is 2. The lowest BCUT2D eigenvalue weighted by Gasteiger charge is -2.17. The maximum Gasteiger partial charge on any atom is 0.0687 e. The van der Waals surface area contributed by atoms with Gasteiger partial charge in [0.1, 0.15) is 0 Å². The van der Waals surface area contributed by atoms with Crippen LogP contribution in [0.4, 0.5) is 0 Å². The summed E-state index contributed by atoms with van der Waals surface area (Å²) in [6.07, 6.45) is 3.60. The summed E-state index contributed by atoms with van der Waals surface area (Å²) in [5, 5.41) is 3.01. The highest BCUT2D eigenvalue weighted by atomic mass is 15.3. The first-order valence-electron chi connectivity index (χ1n) is 3.58. The molecule has 0 bridgehead atoms. The van der Waals surface area contributed by atoms with Crippen LogP contribution in [0.15, 0.2) is 16.9 Å². The van der Waals surface area contributed by atoms with E-state index < -0.39 is 0 Å². The predicted octanol–water partition coefficient (Wildman–Crippen LogP) is -0.225. The number of aliphatic imine (C=N–C) groups is 1. The Balaban J connectivity index is 2.25. The van der Waals surface area contributed by atoms with E-state index in [0.29, 0.717) is 0 Å². The summed E-state index contributed by atoms with van der Waals surface area (Å²) in [6, 6.07) is 0. The summed E-state index contributed by atoms with van der Waals surface area (Å²) in [5.41, 5.74) is 0.988. The number of rotatable bonds is 0. The van der Waals surface area contributed by atoms with Gasteiger partial charge in [-0.1, -0.05) is 0 Å². The summed E-state index contributed by atoms with van der Waals surface area (Å²) in [5.74, 6) is 0. The lowest BCUT2D eigenvalue weighted by atomic mass is 10.4. The Morgan fingerprint density at radius 1 is 1.89 bits per heavy atom. The molecule has 0 aromatic heterocycles. The Hall–Kier alpha value is -0.830. The van der Waals surface area contributed by atoms with Crippen LogP contribution in [-0.2, 0) is 0 Å². The van der Waals surface area contributed by atoms with Gasteiger partial charge in [-0.3, -0.25) is 10.3 Å². The molecule has 0 aromatic rings. The molecule has 0 spiro atoms. The largest absolute Gasteiger partial charge is 0.354 e. The van der Waals surface area contributed by atoms with Crippen molar-refractivity contribution in [3.8, 4) is 0 Å². The molecule has 2 rings (SSSR count). The summed E-state index contributed by atoms with van der Waals surface area (Å²) in [7, 11) is 0. The van der Waals surface area contributed by atoms with Crippen LogP contribution >= 0.6 is 0 Å². The molecule has 2 heterocycles. The van der Waals surface area contributed by atoms with E-state index in [2.05, 4.69) is 15.2 Å². The third kappa shape index (κ3) is 0.733. The van der Waals surface area contributed by atoms with E-state index in [-0.39, 0.29) is 6.52 Å². The van der Waals surface area contributed by atoms with Crippen molar-refractivity contribution in [3.63, 3.8) is 0 Å². The topological polar surface area (TPSA) is 27.6 Å². The number of nitrogens with one attached hydrogen (secondary N) is 1. The van der Waals surface area contributed by atoms with Crippen LogP contribution < -0.4 is 5.32 Å². The van der Waals surface area contributed by atoms with E-state index in [1.165, 1.54) is 0 Å². The molecule has 2 aliphatic heterocycles. The Morgan fingerprint density at radius 2 is 2.89 bits per heavy atom. The van der Waals surface area contributed by atoms with Crippen LogP contribution in [0.25, 0.3) is 0 Å². The van der Waals surface area contributed by atoms with Crippen LogP contribution in [0, 0.1) is 0 Å². The van der Waals surface area contributed by atoms with Gasteiger partial charge in [0.2, 0.25) is 0 Å². The minimum atomic E-state index is -0.266. The quantitative estimate of drug-likeness (QED) is 0.483. The van der Waals surface area contributed by atoms with Crippen molar-refractivity contribution in [2.75, 3.05) is 19.7 Å². The molecule has 48 valence electrons. The van der Waals surface area contributed by atoms with Crippen molar-refractivity contribution < 1.29 is 1.37 Å². The van der Waals surface area contributed by atoms with E-state index in [4.69, 9.17) is 1.37 Å². The standard InChI is InChI=1S/C6H9N3/c1-2-9-5-8-4-6(9)3-7-1/h1,3,8H,2,4-5H2/i4D. The van der Waals surface area contributed by atoms with Crippen LogP contribution in [-0.4, -0.2) is 30.8 Å². The van der Waals surface area contributed by atoms with Gasteiger partial charge in [0.25, 0.3) is 0 Å². The molecular formula is C6H9N3. The van der Waals surface area contributed by atoms with Crippen LogP contribution in [0.3, 0.4) is 0 Å². The van der Waals surface area contributed by atoms with Gasteiger partial charge in [0.15, 0.2) is 0 Å². The van der Waals surface area contributed by atoms with Gasteiger partial charge in [0.05, 0.1) is 13.2 Å². The zero-order chi connectivity index (χ0) is 6.97. The highest BCUT2D eigenvalue weighted by Crippen LogP contribution is 2.09. The Labute approximate surface area is 55.5 Å². The van der Waals surface area contributed by atoms with E-state index in [1.807, 2.05) is 6.21 Å². The minimum Gasteiger partial charge on any atom is -0.354 e. The van der Waals surface area contributed by atoms with Crippen LogP contribution in [0.2, 0.25) is 0 Å². The fraction of sp³-hybridized carbons (Fsp3) is 0.500. The van der Waals surface area contributed by atoms with E-state index in [9.17, 15) is 0 Å². The van der Waals surface area contributed by atoms with Crippen molar-refractivity contribution in [1.29, 1.82) is 0 Å². The average Bonchev–Trinajstić information content (AvgIpc) is 2.34. The molecule has 0 radical (unpaired) electrons. The normalized spacial score (nSPS) is 33.8. The summed E-state index contributed by atoms with van der Waals surface area (Å²) in [6.45, 7) is 1.36. The second kappa shape index (κ2) is 1.84. The van der Waals surface area contributed by atoms with Crippen molar-refractivity contribution in [3.05, 3.63) is 11.9 Å². The highest BCUT2D eigenvalue weighted by Gasteiger charge is 2.15.